The molecule has 0 unspecified atom stereocenters. The first-order valence-corrected chi connectivity index (χ1v) is 11.6. The second kappa shape index (κ2) is 6.13. The Kier molecular flexibility index (Phi) is 3.87. The van der Waals surface area contributed by atoms with Gasteiger partial charge in [-0.1, -0.05) is 6.07 Å². The molecule has 1 aliphatic heterocycles. The van der Waals surface area contributed by atoms with E-state index in [1.165, 1.54) is 12.3 Å². The fourth-order valence-electron chi connectivity index (χ4n) is 4.37. The van der Waals surface area contributed by atoms with Gasteiger partial charge in [-0.2, -0.15) is 0 Å². The maximum Gasteiger partial charge on any atom is 0.238 e. The number of halogens is 1. The van der Waals surface area contributed by atoms with Crippen LogP contribution in [0.4, 0.5) is 10.1 Å². The number of benzene rings is 1. The van der Waals surface area contributed by atoms with Crippen molar-refractivity contribution in [3.05, 3.63) is 59.8 Å². The predicted molar refractivity (Wildman–Crippen MR) is 108 cm³/mol. The van der Waals surface area contributed by atoms with Gasteiger partial charge in [0.1, 0.15) is 15.7 Å². The second-order valence-corrected chi connectivity index (χ2v) is 10.2. The Bertz CT molecular complexity index is 1260. The minimum Gasteiger partial charge on any atom is -0.342 e. The number of hydrogen-bond acceptors (Lipinski definition) is 4. The van der Waals surface area contributed by atoms with Crippen LogP contribution in [0.25, 0.3) is 10.9 Å². The molecule has 0 saturated heterocycles. The summed E-state index contributed by atoms with van der Waals surface area (Å²) in [5.41, 5.74) is 2.68. The normalized spacial score (nSPS) is 17.3. The number of nitrogens with zero attached hydrogens (tertiary/aromatic N) is 3. The first-order valence-electron chi connectivity index (χ1n) is 9.51. The molecule has 1 fully saturated rings. The summed E-state index contributed by atoms with van der Waals surface area (Å²) in [4.78, 5) is 19.1. The molecular formula is C21H20FN3O3S. The van der Waals surface area contributed by atoms with E-state index in [2.05, 4.69) is 4.98 Å². The minimum atomic E-state index is -3.20. The summed E-state index contributed by atoms with van der Waals surface area (Å²) in [5, 5.41) is 0.426. The fourth-order valence-corrected chi connectivity index (χ4v) is 4.89. The molecular weight excluding hydrogens is 393 g/mol. The molecule has 150 valence electrons. The highest BCUT2D eigenvalue weighted by molar-refractivity contribution is 7.90. The van der Waals surface area contributed by atoms with Crippen molar-refractivity contribution in [2.75, 3.05) is 16.9 Å². The van der Waals surface area contributed by atoms with Crippen LogP contribution in [0.15, 0.2) is 42.7 Å². The fraction of sp³-hybridized carbons (Fsp3) is 0.333. The summed E-state index contributed by atoms with van der Waals surface area (Å²) in [6, 6.07) is 8.38. The van der Waals surface area contributed by atoms with Gasteiger partial charge in [0.15, 0.2) is 0 Å². The summed E-state index contributed by atoms with van der Waals surface area (Å²) in [6.07, 6.45) is 6.23. The minimum absolute atomic E-state index is 0.0425. The average Bonchev–Trinajstić information content (AvgIpc) is 3.35. The van der Waals surface area contributed by atoms with E-state index >= 15 is 0 Å². The third kappa shape index (κ3) is 2.85. The lowest BCUT2D eigenvalue weighted by atomic mass is 9.99. The molecule has 3 heterocycles. The first kappa shape index (κ1) is 18.3. The van der Waals surface area contributed by atoms with Crippen molar-refractivity contribution >= 4 is 32.3 Å². The van der Waals surface area contributed by atoms with Crippen molar-refractivity contribution in [1.29, 1.82) is 0 Å². The number of rotatable bonds is 5. The molecule has 2 aliphatic rings. The number of amides is 1. The lowest BCUT2D eigenvalue weighted by Crippen LogP contribution is -2.32. The van der Waals surface area contributed by atoms with E-state index in [0.717, 1.165) is 24.1 Å². The molecule has 2 aromatic heterocycles. The van der Waals surface area contributed by atoms with Crippen molar-refractivity contribution in [1.82, 2.24) is 9.55 Å². The summed E-state index contributed by atoms with van der Waals surface area (Å²) in [7, 11) is -3.20. The molecule has 29 heavy (non-hydrogen) atoms. The summed E-state index contributed by atoms with van der Waals surface area (Å²) >= 11 is 0. The van der Waals surface area contributed by atoms with Crippen molar-refractivity contribution in [2.24, 2.45) is 0 Å². The van der Waals surface area contributed by atoms with E-state index in [-0.39, 0.29) is 30.6 Å². The first-order chi connectivity index (χ1) is 13.8. The van der Waals surface area contributed by atoms with Gasteiger partial charge in [0, 0.05) is 30.1 Å². The van der Waals surface area contributed by atoms with Crippen molar-refractivity contribution < 1.29 is 17.6 Å². The molecule has 0 bridgehead atoms. The number of aromatic nitrogens is 2. The molecule has 0 radical (unpaired) electrons. The van der Waals surface area contributed by atoms with E-state index in [9.17, 15) is 17.6 Å². The average molecular weight is 413 g/mol. The Balaban J connectivity index is 1.59. The predicted octanol–water partition coefficient (Wildman–Crippen LogP) is 2.80. The Morgan fingerprint density at radius 2 is 2.03 bits per heavy atom. The van der Waals surface area contributed by atoms with Gasteiger partial charge in [0.2, 0.25) is 5.91 Å². The summed E-state index contributed by atoms with van der Waals surface area (Å²) in [6.45, 7) is 0.450. The number of fused-ring (bicyclic) bond motifs is 3. The zero-order valence-corrected chi connectivity index (χ0v) is 16.7. The second-order valence-electron chi connectivity index (χ2n) is 7.96. The maximum atomic E-state index is 14.4. The van der Waals surface area contributed by atoms with Gasteiger partial charge in [-0.05, 0) is 42.7 Å². The lowest BCUT2D eigenvalue weighted by molar-refractivity contribution is -0.120. The van der Waals surface area contributed by atoms with Crippen LogP contribution in [-0.2, 0) is 33.1 Å². The number of sulfone groups is 1. The molecule has 1 aliphatic carbocycles. The van der Waals surface area contributed by atoms with Gasteiger partial charge in [-0.25, -0.2) is 12.8 Å². The number of hydrogen-bond donors (Lipinski definition) is 0. The highest BCUT2D eigenvalue weighted by atomic mass is 32.2. The van der Waals surface area contributed by atoms with Crippen LogP contribution in [-0.4, -0.2) is 35.9 Å². The molecule has 0 N–H and O–H groups in total. The van der Waals surface area contributed by atoms with E-state index < -0.39 is 15.3 Å². The van der Waals surface area contributed by atoms with Crippen LogP contribution in [0.1, 0.15) is 24.1 Å². The molecule has 6 nitrogen and oxygen atoms in total. The van der Waals surface area contributed by atoms with Crippen LogP contribution in [0.3, 0.4) is 0 Å². The number of carbonyl (C=O) groups excluding carboxylic acids is 1. The Hall–Kier alpha value is -2.74. The van der Waals surface area contributed by atoms with Crippen LogP contribution in [0, 0.1) is 5.82 Å². The Morgan fingerprint density at radius 1 is 1.24 bits per heavy atom. The SMILES string of the molecule is CS(=O)(=O)CCn1c(CN2C(=O)C3(CC3)c3ccncc32)cc2c(F)cccc21. The van der Waals surface area contributed by atoms with E-state index in [0.29, 0.717) is 16.6 Å². The topological polar surface area (TPSA) is 72.3 Å². The van der Waals surface area contributed by atoms with Gasteiger partial charge in [0.05, 0.1) is 35.1 Å². The summed E-state index contributed by atoms with van der Waals surface area (Å²) < 4.78 is 39.7. The molecule has 0 atom stereocenters. The molecule has 5 rings (SSSR count). The van der Waals surface area contributed by atoms with Gasteiger partial charge < -0.3 is 9.47 Å². The Morgan fingerprint density at radius 3 is 2.76 bits per heavy atom. The monoisotopic (exact) mass is 413 g/mol. The molecule has 3 aromatic rings. The maximum absolute atomic E-state index is 14.4. The molecule has 1 amide bonds. The van der Waals surface area contributed by atoms with Gasteiger partial charge in [-0.15, -0.1) is 0 Å². The van der Waals surface area contributed by atoms with Gasteiger partial charge in [-0.3, -0.25) is 9.78 Å². The van der Waals surface area contributed by atoms with Crippen LogP contribution < -0.4 is 4.90 Å². The highest BCUT2D eigenvalue weighted by Crippen LogP contribution is 2.57. The third-order valence-electron chi connectivity index (χ3n) is 6.00. The standard InChI is InChI=1S/C21H20FN3O3S/c1-29(27,28)10-9-24-14(11-15-17(22)3-2-4-18(15)24)13-25-19-12-23-8-5-16(19)21(6-7-21)20(25)26/h2-5,8,11-12H,6-7,9-10,13H2,1H3. The van der Waals surface area contributed by atoms with Crippen LogP contribution >= 0.6 is 0 Å². The quantitative estimate of drug-likeness (QED) is 0.645. The van der Waals surface area contributed by atoms with E-state index in [1.807, 2.05) is 6.07 Å². The summed E-state index contributed by atoms with van der Waals surface area (Å²) in [5.74, 6) is -0.382. The lowest BCUT2D eigenvalue weighted by Gasteiger charge is -2.19. The molecule has 1 aromatic carbocycles. The van der Waals surface area contributed by atoms with Crippen LogP contribution in [0.5, 0.6) is 0 Å². The van der Waals surface area contributed by atoms with Gasteiger partial charge >= 0.3 is 0 Å². The number of pyridine rings is 1. The van der Waals surface area contributed by atoms with Crippen molar-refractivity contribution in [3.63, 3.8) is 0 Å². The molecule has 1 spiro atoms. The Labute approximate surface area is 167 Å². The van der Waals surface area contributed by atoms with Crippen molar-refractivity contribution in [2.45, 2.75) is 31.3 Å². The van der Waals surface area contributed by atoms with E-state index in [4.69, 9.17) is 0 Å². The third-order valence-corrected chi connectivity index (χ3v) is 6.92. The number of aryl methyl sites for hydroxylation is 1. The largest absolute Gasteiger partial charge is 0.342 e. The zero-order chi connectivity index (χ0) is 20.4. The molecule has 8 heteroatoms. The van der Waals surface area contributed by atoms with Crippen molar-refractivity contribution in [3.8, 4) is 0 Å². The zero-order valence-electron chi connectivity index (χ0n) is 15.9. The van der Waals surface area contributed by atoms with Gasteiger partial charge in [0.25, 0.3) is 0 Å². The van der Waals surface area contributed by atoms with Crippen LogP contribution in [0.2, 0.25) is 0 Å². The number of anilines is 1. The smallest absolute Gasteiger partial charge is 0.238 e. The highest BCUT2D eigenvalue weighted by Gasteiger charge is 2.59. The van der Waals surface area contributed by atoms with E-state index in [1.54, 1.807) is 40.1 Å². The number of carbonyl (C=O) groups is 1. The molecule has 1 saturated carbocycles.